The fraction of sp³-hybridized carbons (Fsp3) is 0.500. The van der Waals surface area contributed by atoms with Crippen LogP contribution in [-0.4, -0.2) is 35.0 Å². The first kappa shape index (κ1) is 10.8. The van der Waals surface area contributed by atoms with Gasteiger partial charge in [0.2, 0.25) is 11.8 Å². The van der Waals surface area contributed by atoms with Gasteiger partial charge in [-0.3, -0.25) is 4.79 Å². The molecular formula is C12H13ClN2O2. The van der Waals surface area contributed by atoms with Crippen LogP contribution < -0.4 is 4.74 Å². The highest BCUT2D eigenvalue weighted by Crippen LogP contribution is 2.32. The summed E-state index contributed by atoms with van der Waals surface area (Å²) in [7, 11) is 0. The van der Waals surface area contributed by atoms with Crippen molar-refractivity contribution in [2.75, 3.05) is 13.1 Å². The minimum absolute atomic E-state index is 0.0753. The van der Waals surface area contributed by atoms with Crippen LogP contribution >= 0.6 is 11.6 Å². The molecule has 90 valence electrons. The number of ether oxygens (including phenoxy) is 1. The number of carbonyl (C=O) groups excluding carboxylic acids is 1. The monoisotopic (exact) mass is 252 g/mol. The number of hydrogen-bond donors (Lipinski definition) is 0. The lowest BCUT2D eigenvalue weighted by Crippen LogP contribution is -2.56. The van der Waals surface area contributed by atoms with Crippen molar-refractivity contribution < 1.29 is 9.53 Å². The molecule has 0 spiro atoms. The lowest BCUT2D eigenvalue weighted by molar-refractivity contribution is -0.141. The van der Waals surface area contributed by atoms with Crippen molar-refractivity contribution in [2.24, 2.45) is 5.92 Å². The second-order valence-corrected chi connectivity index (χ2v) is 5.01. The van der Waals surface area contributed by atoms with Gasteiger partial charge in [0, 0.05) is 18.2 Å². The van der Waals surface area contributed by atoms with Gasteiger partial charge in [0.25, 0.3) is 0 Å². The molecule has 1 amide bonds. The van der Waals surface area contributed by atoms with Crippen molar-refractivity contribution in [3.05, 3.63) is 23.4 Å². The van der Waals surface area contributed by atoms with Crippen molar-refractivity contribution in [3.8, 4) is 5.88 Å². The van der Waals surface area contributed by atoms with E-state index in [0.717, 1.165) is 12.8 Å². The van der Waals surface area contributed by atoms with E-state index in [0.29, 0.717) is 29.9 Å². The second-order valence-electron chi connectivity index (χ2n) is 4.57. The van der Waals surface area contributed by atoms with Crippen molar-refractivity contribution in [2.45, 2.75) is 18.9 Å². The van der Waals surface area contributed by atoms with Crippen molar-refractivity contribution >= 4 is 17.5 Å². The molecule has 5 heteroatoms. The molecule has 0 bridgehead atoms. The van der Waals surface area contributed by atoms with Crippen molar-refractivity contribution in [3.63, 3.8) is 0 Å². The summed E-state index contributed by atoms with van der Waals surface area (Å²) in [6.45, 7) is 1.36. The number of amides is 1. The van der Waals surface area contributed by atoms with E-state index in [4.69, 9.17) is 16.3 Å². The third kappa shape index (κ3) is 2.36. The Balaban J connectivity index is 1.49. The SMILES string of the molecule is O=C(C1CC1)N1CC(Oc2ccc(Cl)cn2)C1. The number of pyridine rings is 1. The maximum Gasteiger partial charge on any atom is 0.225 e. The van der Waals surface area contributed by atoms with Crippen molar-refractivity contribution in [1.29, 1.82) is 0 Å². The van der Waals surface area contributed by atoms with Crippen LogP contribution in [0.2, 0.25) is 5.02 Å². The molecule has 1 saturated carbocycles. The number of aromatic nitrogens is 1. The molecule has 1 aliphatic carbocycles. The fourth-order valence-corrected chi connectivity index (χ4v) is 2.00. The first-order valence-corrected chi connectivity index (χ1v) is 6.17. The molecule has 0 atom stereocenters. The zero-order chi connectivity index (χ0) is 11.8. The lowest BCUT2D eigenvalue weighted by atomic mass is 10.1. The van der Waals surface area contributed by atoms with Gasteiger partial charge < -0.3 is 9.64 Å². The van der Waals surface area contributed by atoms with Crippen LogP contribution in [-0.2, 0) is 4.79 Å². The number of halogens is 1. The normalized spacial score (nSPS) is 19.9. The molecule has 0 N–H and O–H groups in total. The Morgan fingerprint density at radius 1 is 1.41 bits per heavy atom. The average molecular weight is 253 g/mol. The van der Waals surface area contributed by atoms with Crippen LogP contribution in [0.5, 0.6) is 5.88 Å². The maximum absolute atomic E-state index is 11.7. The summed E-state index contributed by atoms with van der Waals surface area (Å²) in [5.74, 6) is 1.15. The molecule has 3 rings (SSSR count). The summed E-state index contributed by atoms with van der Waals surface area (Å²) in [6, 6.07) is 3.49. The van der Waals surface area contributed by atoms with Crippen molar-refractivity contribution in [1.82, 2.24) is 9.88 Å². The predicted octanol–water partition coefficient (Wildman–Crippen LogP) is 1.73. The Morgan fingerprint density at radius 3 is 2.76 bits per heavy atom. The molecule has 2 fully saturated rings. The van der Waals surface area contributed by atoms with E-state index >= 15 is 0 Å². The van der Waals surface area contributed by atoms with Gasteiger partial charge in [0.1, 0.15) is 6.10 Å². The van der Waals surface area contributed by atoms with Gasteiger partial charge >= 0.3 is 0 Å². The largest absolute Gasteiger partial charge is 0.471 e. The van der Waals surface area contributed by atoms with Crippen LogP contribution in [0.4, 0.5) is 0 Å². The summed E-state index contributed by atoms with van der Waals surface area (Å²) >= 11 is 5.73. The predicted molar refractivity (Wildman–Crippen MR) is 63.0 cm³/mol. The van der Waals surface area contributed by atoms with Gasteiger partial charge in [0.15, 0.2) is 0 Å². The molecule has 2 heterocycles. The number of nitrogens with zero attached hydrogens (tertiary/aromatic N) is 2. The first-order chi connectivity index (χ1) is 8.22. The summed E-state index contributed by atoms with van der Waals surface area (Å²) in [6.07, 6.45) is 3.74. The van der Waals surface area contributed by atoms with E-state index in [-0.39, 0.29) is 12.0 Å². The van der Waals surface area contributed by atoms with Crippen LogP contribution in [0.15, 0.2) is 18.3 Å². The van der Waals surface area contributed by atoms with E-state index in [2.05, 4.69) is 4.98 Å². The minimum Gasteiger partial charge on any atom is -0.471 e. The Hall–Kier alpha value is -1.29. The summed E-state index contributed by atoms with van der Waals surface area (Å²) in [5, 5.41) is 0.594. The molecule has 1 aromatic rings. The first-order valence-electron chi connectivity index (χ1n) is 5.79. The summed E-state index contributed by atoms with van der Waals surface area (Å²) in [4.78, 5) is 17.6. The number of rotatable bonds is 3. The van der Waals surface area contributed by atoms with E-state index in [1.165, 1.54) is 0 Å². The van der Waals surface area contributed by atoms with Gasteiger partial charge in [-0.25, -0.2) is 4.98 Å². The van der Waals surface area contributed by atoms with Crippen LogP contribution in [0.1, 0.15) is 12.8 Å². The quantitative estimate of drug-likeness (QED) is 0.823. The Kier molecular flexibility index (Phi) is 2.67. The molecule has 17 heavy (non-hydrogen) atoms. The summed E-state index contributed by atoms with van der Waals surface area (Å²) < 4.78 is 5.62. The molecule has 4 nitrogen and oxygen atoms in total. The highest BCUT2D eigenvalue weighted by atomic mass is 35.5. The van der Waals surface area contributed by atoms with Gasteiger partial charge in [-0.2, -0.15) is 0 Å². The third-order valence-corrected chi connectivity index (χ3v) is 3.30. The number of hydrogen-bond acceptors (Lipinski definition) is 3. The van der Waals surface area contributed by atoms with E-state index in [1.54, 1.807) is 18.3 Å². The summed E-state index contributed by atoms with van der Waals surface area (Å²) in [5.41, 5.74) is 0. The van der Waals surface area contributed by atoms with Gasteiger partial charge in [-0.15, -0.1) is 0 Å². The lowest BCUT2D eigenvalue weighted by Gasteiger charge is -2.38. The highest BCUT2D eigenvalue weighted by Gasteiger charge is 2.40. The van der Waals surface area contributed by atoms with E-state index in [9.17, 15) is 4.79 Å². The smallest absolute Gasteiger partial charge is 0.225 e. The average Bonchev–Trinajstić information content (AvgIpc) is 3.08. The van der Waals surface area contributed by atoms with E-state index in [1.807, 2.05) is 4.90 Å². The Labute approximate surface area is 105 Å². The van der Waals surface area contributed by atoms with Crippen LogP contribution in [0.3, 0.4) is 0 Å². The molecular weight excluding hydrogens is 240 g/mol. The highest BCUT2D eigenvalue weighted by molar-refractivity contribution is 6.30. The maximum atomic E-state index is 11.7. The van der Waals surface area contributed by atoms with E-state index < -0.39 is 0 Å². The number of carbonyl (C=O) groups is 1. The molecule has 1 aromatic heterocycles. The number of likely N-dealkylation sites (tertiary alicyclic amines) is 1. The zero-order valence-electron chi connectivity index (χ0n) is 9.30. The molecule has 0 unspecified atom stereocenters. The standard InChI is InChI=1S/C12H13ClN2O2/c13-9-3-4-11(14-5-9)17-10-6-15(7-10)12(16)8-1-2-8/h3-5,8,10H,1-2,6-7H2. The van der Waals surface area contributed by atoms with Crippen LogP contribution in [0.25, 0.3) is 0 Å². The minimum atomic E-state index is 0.0753. The third-order valence-electron chi connectivity index (χ3n) is 3.07. The Bertz CT molecular complexity index is 425. The molecule has 1 aliphatic heterocycles. The van der Waals surface area contributed by atoms with Gasteiger partial charge in [-0.05, 0) is 18.9 Å². The second kappa shape index (κ2) is 4.18. The van der Waals surface area contributed by atoms with Crippen LogP contribution in [0, 0.1) is 5.92 Å². The zero-order valence-corrected chi connectivity index (χ0v) is 10.1. The molecule has 0 radical (unpaired) electrons. The molecule has 0 aromatic carbocycles. The molecule has 2 aliphatic rings. The van der Waals surface area contributed by atoms with Gasteiger partial charge in [0.05, 0.1) is 18.1 Å². The topological polar surface area (TPSA) is 42.4 Å². The molecule has 1 saturated heterocycles. The Morgan fingerprint density at radius 2 is 2.18 bits per heavy atom. The fourth-order valence-electron chi connectivity index (χ4n) is 1.88. The van der Waals surface area contributed by atoms with Gasteiger partial charge in [-0.1, -0.05) is 11.6 Å².